The second kappa shape index (κ2) is 9.03. The minimum absolute atomic E-state index is 0.917. The average Bonchev–Trinajstić information content (AvgIpc) is 3.64. The van der Waals surface area contributed by atoms with Crippen LogP contribution in [0.1, 0.15) is 0 Å². The van der Waals surface area contributed by atoms with Crippen molar-refractivity contribution in [1.29, 1.82) is 0 Å². The van der Waals surface area contributed by atoms with Crippen LogP contribution in [0.15, 0.2) is 150 Å². The molecule has 0 aliphatic carbocycles. The van der Waals surface area contributed by atoms with E-state index in [0.29, 0.717) is 0 Å². The molecule has 0 radical (unpaired) electrons. The summed E-state index contributed by atoms with van der Waals surface area (Å²) in [5, 5.41) is 12.3. The fraction of sp³-hybridized carbons (Fsp3) is 0. The van der Waals surface area contributed by atoms with E-state index in [9.17, 15) is 0 Å². The number of para-hydroxylation sites is 1. The number of benzene rings is 8. The van der Waals surface area contributed by atoms with Crippen LogP contribution in [-0.2, 0) is 0 Å². The number of hydrogen-bond donors (Lipinski definition) is 0. The molecule has 10 aromatic rings. The Bertz CT molecular complexity index is 2720. The molecule has 0 saturated carbocycles. The lowest BCUT2D eigenvalue weighted by Gasteiger charge is -2.19. The molecule has 0 spiro atoms. The smallest absolute Gasteiger partial charge is 0.143 e. The molecule has 2 heterocycles. The summed E-state index contributed by atoms with van der Waals surface area (Å²) in [6.07, 6.45) is 0. The third kappa shape index (κ3) is 3.29. The zero-order chi connectivity index (χ0) is 28.8. The highest BCUT2D eigenvalue weighted by Gasteiger charge is 2.22. The van der Waals surface area contributed by atoms with E-state index in [1.165, 1.54) is 69.2 Å². The van der Waals surface area contributed by atoms with Gasteiger partial charge in [-0.25, -0.2) is 0 Å². The van der Waals surface area contributed by atoms with E-state index < -0.39 is 0 Å². The van der Waals surface area contributed by atoms with Gasteiger partial charge in [-0.1, -0.05) is 115 Å². The predicted molar refractivity (Wildman–Crippen MR) is 190 cm³/mol. The maximum atomic E-state index is 6.74. The fourth-order valence-electron chi connectivity index (χ4n) is 7.36. The van der Waals surface area contributed by atoms with Crippen LogP contribution in [0.5, 0.6) is 0 Å². The Hall–Kier alpha value is -5.44. The summed E-state index contributed by atoms with van der Waals surface area (Å²) in [5.74, 6) is 0. The summed E-state index contributed by atoms with van der Waals surface area (Å²) in [6, 6.07) is 53.0. The van der Waals surface area contributed by atoms with E-state index in [0.717, 1.165) is 27.5 Å². The summed E-state index contributed by atoms with van der Waals surface area (Å²) in [6.45, 7) is 0. The van der Waals surface area contributed by atoms with Crippen molar-refractivity contribution in [2.24, 2.45) is 0 Å². The molecular weight excluding hydrogens is 553 g/mol. The maximum absolute atomic E-state index is 6.74. The van der Waals surface area contributed by atoms with Crippen molar-refractivity contribution in [2.45, 2.75) is 0 Å². The first kappa shape index (κ1) is 24.0. The van der Waals surface area contributed by atoms with Gasteiger partial charge in [0.15, 0.2) is 0 Å². The second-order valence-electron chi connectivity index (χ2n) is 11.6. The van der Waals surface area contributed by atoms with Gasteiger partial charge < -0.3 is 4.42 Å². The lowest BCUT2D eigenvalue weighted by atomic mass is 9.84. The highest BCUT2D eigenvalue weighted by atomic mass is 32.1. The van der Waals surface area contributed by atoms with Crippen LogP contribution < -0.4 is 0 Å². The molecule has 0 amide bonds. The van der Waals surface area contributed by atoms with Crippen molar-refractivity contribution in [2.75, 3.05) is 0 Å². The quantitative estimate of drug-likeness (QED) is 0.187. The third-order valence-corrected chi connectivity index (χ3v) is 10.4. The topological polar surface area (TPSA) is 13.1 Å². The molecule has 0 aliphatic heterocycles. The molecule has 0 atom stereocenters. The van der Waals surface area contributed by atoms with Gasteiger partial charge in [0.25, 0.3) is 0 Å². The molecule has 204 valence electrons. The molecule has 10 rings (SSSR count). The maximum Gasteiger partial charge on any atom is 0.143 e. The Morgan fingerprint density at radius 2 is 0.932 bits per heavy atom. The third-order valence-electron chi connectivity index (χ3n) is 9.24. The van der Waals surface area contributed by atoms with E-state index in [1.807, 2.05) is 11.3 Å². The summed E-state index contributed by atoms with van der Waals surface area (Å²) in [4.78, 5) is 0. The zero-order valence-corrected chi connectivity index (χ0v) is 24.5. The van der Waals surface area contributed by atoms with Gasteiger partial charge in [-0.3, -0.25) is 0 Å². The normalized spacial score (nSPS) is 12.1. The molecule has 0 aliphatic rings. The molecule has 0 unspecified atom stereocenters. The molecular formula is C42H24OS. The zero-order valence-electron chi connectivity index (χ0n) is 23.7. The van der Waals surface area contributed by atoms with E-state index in [4.69, 9.17) is 4.42 Å². The van der Waals surface area contributed by atoms with E-state index in [-0.39, 0.29) is 0 Å². The van der Waals surface area contributed by atoms with Crippen LogP contribution in [0.25, 0.3) is 96.7 Å². The van der Waals surface area contributed by atoms with E-state index in [1.54, 1.807) is 0 Å². The standard InChI is InChI=1S/C42H24OS/c1-2-12-27-25(11-1)23-35-28-13-7-9-19-36(28)43-42(35)41(27)40-32-17-5-3-15-30(32)39(31-16-4-6-18-33(31)40)26-21-22-38-34(24-26)29-14-8-10-20-37(29)44-38/h1-24H. The summed E-state index contributed by atoms with van der Waals surface area (Å²) in [7, 11) is 0. The van der Waals surface area contributed by atoms with Gasteiger partial charge in [0.2, 0.25) is 0 Å². The van der Waals surface area contributed by atoms with Crippen LogP contribution in [0.4, 0.5) is 0 Å². The van der Waals surface area contributed by atoms with Crippen LogP contribution in [0.2, 0.25) is 0 Å². The van der Waals surface area contributed by atoms with Crippen molar-refractivity contribution in [3.05, 3.63) is 146 Å². The Labute approximate surface area is 257 Å². The lowest BCUT2D eigenvalue weighted by Crippen LogP contribution is -1.92. The first-order chi connectivity index (χ1) is 21.8. The predicted octanol–water partition coefficient (Wildman–Crippen LogP) is 12.7. The SMILES string of the molecule is c1ccc2c(-c3c4ccccc4c(-c4ccc5sc6ccccc6c5c4)c4ccccc34)c3oc4ccccc4c3cc2c1. The first-order valence-electron chi connectivity index (χ1n) is 15.0. The molecule has 0 saturated heterocycles. The minimum atomic E-state index is 0.917. The van der Waals surface area contributed by atoms with Gasteiger partial charge in [-0.15, -0.1) is 11.3 Å². The largest absolute Gasteiger partial charge is 0.455 e. The van der Waals surface area contributed by atoms with E-state index >= 15 is 0 Å². The molecule has 2 heteroatoms. The van der Waals surface area contributed by atoms with Gasteiger partial charge in [-0.2, -0.15) is 0 Å². The van der Waals surface area contributed by atoms with Gasteiger partial charge in [0, 0.05) is 42.1 Å². The fourth-order valence-corrected chi connectivity index (χ4v) is 8.45. The van der Waals surface area contributed by atoms with Gasteiger partial charge >= 0.3 is 0 Å². The number of hydrogen-bond acceptors (Lipinski definition) is 2. The minimum Gasteiger partial charge on any atom is -0.455 e. The first-order valence-corrected chi connectivity index (χ1v) is 15.8. The Morgan fingerprint density at radius 1 is 0.364 bits per heavy atom. The van der Waals surface area contributed by atoms with Crippen molar-refractivity contribution >= 4 is 85.8 Å². The molecule has 0 bridgehead atoms. The molecule has 8 aromatic carbocycles. The average molecular weight is 577 g/mol. The van der Waals surface area contributed by atoms with Gasteiger partial charge in [-0.05, 0) is 73.8 Å². The molecule has 2 aromatic heterocycles. The molecule has 0 fully saturated rings. The monoisotopic (exact) mass is 576 g/mol. The van der Waals surface area contributed by atoms with E-state index in [2.05, 4.69) is 146 Å². The van der Waals surface area contributed by atoms with Crippen LogP contribution >= 0.6 is 11.3 Å². The highest BCUT2D eigenvalue weighted by molar-refractivity contribution is 7.25. The van der Waals surface area contributed by atoms with Crippen LogP contribution in [0, 0.1) is 0 Å². The van der Waals surface area contributed by atoms with Gasteiger partial charge in [0.05, 0.1) is 0 Å². The number of rotatable bonds is 2. The van der Waals surface area contributed by atoms with Crippen molar-refractivity contribution in [3.63, 3.8) is 0 Å². The summed E-state index contributed by atoms with van der Waals surface area (Å²) in [5.41, 5.74) is 6.76. The molecule has 0 N–H and O–H groups in total. The van der Waals surface area contributed by atoms with Crippen LogP contribution in [-0.4, -0.2) is 0 Å². The van der Waals surface area contributed by atoms with Crippen molar-refractivity contribution in [1.82, 2.24) is 0 Å². The van der Waals surface area contributed by atoms with Gasteiger partial charge in [0.1, 0.15) is 11.2 Å². The van der Waals surface area contributed by atoms with Crippen molar-refractivity contribution in [3.8, 4) is 22.3 Å². The molecule has 44 heavy (non-hydrogen) atoms. The second-order valence-corrected chi connectivity index (χ2v) is 12.7. The number of fused-ring (bicyclic) bond motifs is 9. The highest BCUT2D eigenvalue weighted by Crippen LogP contribution is 2.49. The number of furan rings is 1. The summed E-state index contributed by atoms with van der Waals surface area (Å²) < 4.78 is 9.39. The summed E-state index contributed by atoms with van der Waals surface area (Å²) >= 11 is 1.87. The molecule has 1 nitrogen and oxygen atoms in total. The lowest BCUT2D eigenvalue weighted by molar-refractivity contribution is 0.670. The Morgan fingerprint density at radius 3 is 1.68 bits per heavy atom. The number of thiophene rings is 1. The Balaban J connectivity index is 1.39. The van der Waals surface area contributed by atoms with Crippen LogP contribution in [0.3, 0.4) is 0 Å². The van der Waals surface area contributed by atoms with Crippen molar-refractivity contribution < 1.29 is 4.42 Å². The Kier molecular flexibility index (Phi) is 4.94.